The first kappa shape index (κ1) is 12.9. The third-order valence-corrected chi connectivity index (χ3v) is 2.53. The number of rotatable bonds is 5. The molecule has 3 N–H and O–H groups in total. The van der Waals surface area contributed by atoms with Crippen LogP contribution in [0, 0.1) is 0 Å². The Morgan fingerprint density at radius 1 is 1.44 bits per heavy atom. The summed E-state index contributed by atoms with van der Waals surface area (Å²) in [6.45, 7) is 2.88. The molecule has 0 radical (unpaired) electrons. The van der Waals surface area contributed by atoms with E-state index in [0.29, 0.717) is 13.2 Å². The smallest absolute Gasteiger partial charge is 0.320 e. The Kier molecular flexibility index (Phi) is 5.21. The van der Waals surface area contributed by atoms with E-state index in [2.05, 4.69) is 10.6 Å². The van der Waals surface area contributed by atoms with Gasteiger partial charge in [-0.25, -0.2) is 0 Å². The normalized spacial score (nSPS) is 19.1. The molecular weight excluding hydrogens is 212 g/mol. The molecule has 6 nitrogen and oxygen atoms in total. The highest BCUT2D eigenvalue weighted by Crippen LogP contribution is 2.05. The number of carbonyl (C=O) groups excluding carboxylic acids is 1. The molecule has 0 aromatic heterocycles. The molecule has 1 saturated heterocycles. The van der Waals surface area contributed by atoms with Crippen LogP contribution in [0.2, 0.25) is 0 Å². The third kappa shape index (κ3) is 4.59. The molecule has 1 fully saturated rings. The van der Waals surface area contributed by atoms with Crippen molar-refractivity contribution >= 4 is 11.9 Å². The highest BCUT2D eigenvalue weighted by Gasteiger charge is 2.17. The van der Waals surface area contributed by atoms with E-state index in [1.807, 2.05) is 0 Å². The van der Waals surface area contributed by atoms with Gasteiger partial charge < -0.3 is 15.2 Å². The van der Waals surface area contributed by atoms with Gasteiger partial charge in [0.15, 0.2) is 0 Å². The van der Waals surface area contributed by atoms with E-state index in [1.165, 1.54) is 6.92 Å². The summed E-state index contributed by atoms with van der Waals surface area (Å²) >= 11 is 0. The average molecular weight is 230 g/mol. The molecule has 1 aliphatic rings. The largest absolute Gasteiger partial charge is 0.480 e. The van der Waals surface area contributed by atoms with E-state index in [1.54, 1.807) is 0 Å². The topological polar surface area (TPSA) is 87.7 Å². The fourth-order valence-corrected chi connectivity index (χ4v) is 1.45. The van der Waals surface area contributed by atoms with Crippen LogP contribution in [0.1, 0.15) is 19.8 Å². The fraction of sp³-hybridized carbons (Fsp3) is 0.800. The molecule has 1 atom stereocenters. The van der Waals surface area contributed by atoms with Crippen molar-refractivity contribution in [1.29, 1.82) is 0 Å². The van der Waals surface area contributed by atoms with Crippen molar-refractivity contribution < 1.29 is 19.4 Å². The van der Waals surface area contributed by atoms with E-state index in [9.17, 15) is 9.59 Å². The molecule has 0 aliphatic carbocycles. The van der Waals surface area contributed by atoms with Crippen molar-refractivity contribution in [1.82, 2.24) is 10.6 Å². The molecule has 1 rings (SSSR count). The quantitative estimate of drug-likeness (QED) is 0.584. The molecule has 0 saturated carbocycles. The second-order valence-corrected chi connectivity index (χ2v) is 3.89. The van der Waals surface area contributed by atoms with Crippen molar-refractivity contribution in [2.75, 3.05) is 19.8 Å². The summed E-state index contributed by atoms with van der Waals surface area (Å²) in [5, 5.41) is 14.1. The first-order valence-electron chi connectivity index (χ1n) is 5.43. The molecule has 0 spiro atoms. The molecule has 92 valence electrons. The van der Waals surface area contributed by atoms with Gasteiger partial charge in [0.2, 0.25) is 5.91 Å². The van der Waals surface area contributed by atoms with E-state index in [4.69, 9.17) is 9.84 Å². The maximum atomic E-state index is 11.4. The summed E-state index contributed by atoms with van der Waals surface area (Å²) < 4.78 is 5.17. The number of hydrogen-bond donors (Lipinski definition) is 3. The van der Waals surface area contributed by atoms with Gasteiger partial charge in [0.05, 0.1) is 6.54 Å². The first-order chi connectivity index (χ1) is 7.59. The van der Waals surface area contributed by atoms with E-state index in [0.717, 1.165) is 12.8 Å². The second kappa shape index (κ2) is 6.44. The SMILES string of the molecule is C[C@H](NCC(=O)NC1CCOCC1)C(=O)O. The van der Waals surface area contributed by atoms with Gasteiger partial charge in [-0.05, 0) is 19.8 Å². The fourth-order valence-electron chi connectivity index (χ4n) is 1.45. The number of hydrogen-bond acceptors (Lipinski definition) is 4. The minimum Gasteiger partial charge on any atom is -0.480 e. The molecule has 0 aromatic carbocycles. The lowest BCUT2D eigenvalue weighted by Gasteiger charge is -2.23. The highest BCUT2D eigenvalue weighted by molar-refractivity contribution is 5.80. The minimum atomic E-state index is -0.959. The van der Waals surface area contributed by atoms with Gasteiger partial charge in [0.25, 0.3) is 0 Å². The van der Waals surface area contributed by atoms with Gasteiger partial charge in [-0.2, -0.15) is 0 Å². The Morgan fingerprint density at radius 2 is 2.06 bits per heavy atom. The Balaban J connectivity index is 2.17. The lowest BCUT2D eigenvalue weighted by molar-refractivity contribution is -0.139. The highest BCUT2D eigenvalue weighted by atomic mass is 16.5. The van der Waals surface area contributed by atoms with Crippen LogP contribution in [-0.2, 0) is 14.3 Å². The number of carbonyl (C=O) groups is 2. The summed E-state index contributed by atoms with van der Waals surface area (Å²) in [6.07, 6.45) is 1.64. The number of amides is 1. The zero-order chi connectivity index (χ0) is 12.0. The van der Waals surface area contributed by atoms with Crippen LogP contribution in [0.4, 0.5) is 0 Å². The first-order valence-corrected chi connectivity index (χ1v) is 5.43. The lowest BCUT2D eigenvalue weighted by atomic mass is 10.1. The molecule has 0 bridgehead atoms. The summed E-state index contributed by atoms with van der Waals surface area (Å²) in [7, 11) is 0. The molecular formula is C10H18N2O4. The zero-order valence-electron chi connectivity index (χ0n) is 9.36. The predicted molar refractivity (Wildman–Crippen MR) is 57.1 cm³/mol. The van der Waals surface area contributed by atoms with Crippen LogP contribution in [0.3, 0.4) is 0 Å². The van der Waals surface area contributed by atoms with Crippen LogP contribution >= 0.6 is 0 Å². The Hall–Kier alpha value is -1.14. The summed E-state index contributed by atoms with van der Waals surface area (Å²) in [5.74, 6) is -1.13. The minimum absolute atomic E-state index is 0.0326. The summed E-state index contributed by atoms with van der Waals surface area (Å²) in [4.78, 5) is 21.9. The van der Waals surface area contributed by atoms with Crippen LogP contribution in [-0.4, -0.2) is 48.8 Å². The van der Waals surface area contributed by atoms with E-state index >= 15 is 0 Å². The number of carboxylic acid groups (broad SMARTS) is 1. The maximum Gasteiger partial charge on any atom is 0.320 e. The number of ether oxygens (including phenoxy) is 1. The van der Waals surface area contributed by atoms with E-state index in [-0.39, 0.29) is 18.5 Å². The molecule has 0 unspecified atom stereocenters. The third-order valence-electron chi connectivity index (χ3n) is 2.53. The van der Waals surface area contributed by atoms with Gasteiger partial charge in [-0.3, -0.25) is 14.9 Å². The van der Waals surface area contributed by atoms with E-state index < -0.39 is 12.0 Å². The Bertz CT molecular complexity index is 251. The lowest BCUT2D eigenvalue weighted by Crippen LogP contribution is -2.46. The summed E-state index contributed by atoms with van der Waals surface area (Å²) in [5.41, 5.74) is 0. The number of aliphatic carboxylic acids is 1. The standard InChI is InChI=1S/C10H18N2O4/c1-7(10(14)15)11-6-9(13)12-8-2-4-16-5-3-8/h7-8,11H,2-6H2,1H3,(H,12,13)(H,14,15)/t7-/m0/s1. The van der Waals surface area contributed by atoms with Crippen LogP contribution in [0.15, 0.2) is 0 Å². The monoisotopic (exact) mass is 230 g/mol. The van der Waals surface area contributed by atoms with Gasteiger partial charge in [0, 0.05) is 19.3 Å². The molecule has 16 heavy (non-hydrogen) atoms. The van der Waals surface area contributed by atoms with Crippen molar-refractivity contribution in [2.24, 2.45) is 0 Å². The van der Waals surface area contributed by atoms with Crippen molar-refractivity contribution in [2.45, 2.75) is 31.8 Å². The molecule has 0 aromatic rings. The zero-order valence-corrected chi connectivity index (χ0v) is 9.36. The Labute approximate surface area is 94.3 Å². The number of nitrogens with one attached hydrogen (secondary N) is 2. The number of carboxylic acids is 1. The van der Waals surface area contributed by atoms with Gasteiger partial charge in [-0.1, -0.05) is 0 Å². The van der Waals surface area contributed by atoms with Crippen molar-refractivity contribution in [3.63, 3.8) is 0 Å². The van der Waals surface area contributed by atoms with Gasteiger partial charge >= 0.3 is 5.97 Å². The molecule has 6 heteroatoms. The van der Waals surface area contributed by atoms with Crippen molar-refractivity contribution in [3.8, 4) is 0 Å². The Morgan fingerprint density at radius 3 is 2.62 bits per heavy atom. The van der Waals surface area contributed by atoms with Crippen LogP contribution in [0.5, 0.6) is 0 Å². The molecule has 1 amide bonds. The average Bonchev–Trinajstić information content (AvgIpc) is 2.27. The maximum absolute atomic E-state index is 11.4. The second-order valence-electron chi connectivity index (χ2n) is 3.89. The van der Waals surface area contributed by atoms with Gasteiger partial charge in [-0.15, -0.1) is 0 Å². The van der Waals surface area contributed by atoms with Crippen molar-refractivity contribution in [3.05, 3.63) is 0 Å². The van der Waals surface area contributed by atoms with Crippen LogP contribution < -0.4 is 10.6 Å². The molecule has 1 aliphatic heterocycles. The van der Waals surface area contributed by atoms with Gasteiger partial charge in [0.1, 0.15) is 6.04 Å². The predicted octanol–water partition coefficient (Wildman–Crippen LogP) is -0.656. The van der Waals surface area contributed by atoms with Crippen LogP contribution in [0.25, 0.3) is 0 Å². The summed E-state index contributed by atoms with van der Waals surface area (Å²) in [6, 6.07) is -0.552. The molecule has 1 heterocycles.